The van der Waals surface area contributed by atoms with Crippen molar-refractivity contribution in [1.29, 1.82) is 0 Å². The zero-order valence-electron chi connectivity index (χ0n) is 11.4. The monoisotopic (exact) mass is 259 g/mol. The minimum Gasteiger partial charge on any atom is -0.353 e. The number of carbonyl (C=O) groups excluding carboxylic acids is 1. The molecule has 3 heteroatoms. The molecule has 17 heavy (non-hydrogen) atoms. The number of hydrogen-bond donors (Lipinski definition) is 1. The maximum Gasteiger partial charge on any atom is 0.223 e. The van der Waals surface area contributed by atoms with E-state index in [2.05, 4.69) is 26.1 Å². The summed E-state index contributed by atoms with van der Waals surface area (Å²) in [6.07, 6.45) is 6.66. The molecule has 0 saturated heterocycles. The van der Waals surface area contributed by atoms with Crippen LogP contribution in [0.25, 0.3) is 0 Å². The molecule has 1 unspecified atom stereocenters. The highest BCUT2D eigenvalue weighted by atomic mass is 35.5. The number of hydrogen-bond acceptors (Lipinski definition) is 1. The molecule has 0 aromatic carbocycles. The van der Waals surface area contributed by atoms with Crippen molar-refractivity contribution in [2.24, 2.45) is 11.3 Å². The second-order valence-corrected chi connectivity index (χ2v) is 6.62. The number of halogens is 1. The van der Waals surface area contributed by atoms with E-state index in [9.17, 15) is 4.79 Å². The van der Waals surface area contributed by atoms with Gasteiger partial charge in [0.1, 0.15) is 0 Å². The molecule has 0 aliphatic heterocycles. The molecule has 1 aliphatic carbocycles. The van der Waals surface area contributed by atoms with Gasteiger partial charge in [-0.25, -0.2) is 0 Å². The molecular weight excluding hydrogens is 234 g/mol. The largest absolute Gasteiger partial charge is 0.353 e. The van der Waals surface area contributed by atoms with Gasteiger partial charge in [-0.15, -0.1) is 11.6 Å². The lowest BCUT2D eigenvalue weighted by Crippen LogP contribution is -2.46. The molecule has 1 rings (SSSR count). The summed E-state index contributed by atoms with van der Waals surface area (Å²) in [5, 5.41) is 3.20. The van der Waals surface area contributed by atoms with E-state index < -0.39 is 0 Å². The molecule has 0 aromatic heterocycles. The second kappa shape index (κ2) is 6.63. The summed E-state index contributed by atoms with van der Waals surface area (Å²) in [6.45, 7) is 6.47. The van der Waals surface area contributed by atoms with Gasteiger partial charge in [-0.3, -0.25) is 4.79 Å². The lowest BCUT2D eigenvalue weighted by atomic mass is 9.83. The quantitative estimate of drug-likeness (QED) is 0.766. The van der Waals surface area contributed by atoms with E-state index in [1.807, 2.05) is 0 Å². The van der Waals surface area contributed by atoms with Gasteiger partial charge in [-0.05, 0) is 24.7 Å². The first-order chi connectivity index (χ1) is 7.95. The molecule has 0 bridgehead atoms. The van der Waals surface area contributed by atoms with Gasteiger partial charge in [-0.2, -0.15) is 0 Å². The maximum absolute atomic E-state index is 12.2. The van der Waals surface area contributed by atoms with Gasteiger partial charge in [0.25, 0.3) is 0 Å². The Balaban J connectivity index is 2.51. The average molecular weight is 260 g/mol. The van der Waals surface area contributed by atoms with Crippen molar-refractivity contribution in [3.63, 3.8) is 0 Å². The van der Waals surface area contributed by atoms with E-state index in [0.717, 1.165) is 19.3 Å². The molecule has 0 heterocycles. The van der Waals surface area contributed by atoms with Crippen molar-refractivity contribution < 1.29 is 4.79 Å². The molecule has 1 N–H and O–H groups in total. The topological polar surface area (TPSA) is 29.1 Å². The van der Waals surface area contributed by atoms with Crippen LogP contribution < -0.4 is 5.32 Å². The fourth-order valence-electron chi connectivity index (χ4n) is 2.49. The molecule has 100 valence electrons. The number of nitrogens with one attached hydrogen (secondary N) is 1. The van der Waals surface area contributed by atoms with E-state index in [-0.39, 0.29) is 23.3 Å². The van der Waals surface area contributed by atoms with Gasteiger partial charge < -0.3 is 5.32 Å². The van der Waals surface area contributed by atoms with Crippen LogP contribution in [0.3, 0.4) is 0 Å². The zero-order valence-corrected chi connectivity index (χ0v) is 12.1. The summed E-state index contributed by atoms with van der Waals surface area (Å²) >= 11 is 5.82. The van der Waals surface area contributed by atoms with Gasteiger partial charge in [0.15, 0.2) is 0 Å². The van der Waals surface area contributed by atoms with Crippen molar-refractivity contribution >= 4 is 17.5 Å². The van der Waals surface area contributed by atoms with Crippen molar-refractivity contribution in [3.05, 3.63) is 0 Å². The first kappa shape index (κ1) is 14.8. The van der Waals surface area contributed by atoms with E-state index >= 15 is 0 Å². The van der Waals surface area contributed by atoms with E-state index in [4.69, 9.17) is 11.6 Å². The fourth-order valence-corrected chi connectivity index (χ4v) is 2.70. The SMILES string of the molecule is CC(C)(C)C(CCCl)NC(=O)C1CCCCC1. The van der Waals surface area contributed by atoms with Crippen LogP contribution in [0.1, 0.15) is 59.3 Å². The van der Waals surface area contributed by atoms with Crippen molar-refractivity contribution in [2.45, 2.75) is 65.3 Å². The molecule has 1 amide bonds. The highest BCUT2D eigenvalue weighted by Crippen LogP contribution is 2.26. The normalized spacial score (nSPS) is 20.0. The summed E-state index contributed by atoms with van der Waals surface area (Å²) in [4.78, 5) is 12.2. The Hall–Kier alpha value is -0.240. The Bertz CT molecular complexity index is 241. The number of rotatable bonds is 4. The van der Waals surface area contributed by atoms with Crippen LogP contribution in [-0.4, -0.2) is 17.8 Å². The summed E-state index contributed by atoms with van der Waals surface area (Å²) in [5.74, 6) is 1.09. The molecule has 1 aliphatic rings. The van der Waals surface area contributed by atoms with Gasteiger partial charge in [0.05, 0.1) is 0 Å². The van der Waals surface area contributed by atoms with E-state index in [0.29, 0.717) is 5.88 Å². The first-order valence-corrected chi connectivity index (χ1v) is 7.35. The van der Waals surface area contributed by atoms with Crippen LogP contribution in [0.4, 0.5) is 0 Å². The minimum absolute atomic E-state index is 0.0826. The summed E-state index contributed by atoms with van der Waals surface area (Å²) < 4.78 is 0. The molecule has 0 spiro atoms. The Morgan fingerprint density at radius 2 is 1.88 bits per heavy atom. The third-order valence-corrected chi connectivity index (χ3v) is 3.95. The van der Waals surface area contributed by atoms with Crippen molar-refractivity contribution in [3.8, 4) is 0 Å². The Morgan fingerprint density at radius 3 is 2.35 bits per heavy atom. The smallest absolute Gasteiger partial charge is 0.223 e. The standard InChI is InChI=1S/C14H26ClNO/c1-14(2,3)12(9-10-15)16-13(17)11-7-5-4-6-8-11/h11-12H,4-10H2,1-3H3,(H,16,17). The predicted molar refractivity (Wildman–Crippen MR) is 73.3 cm³/mol. The van der Waals surface area contributed by atoms with Gasteiger partial charge in [0.2, 0.25) is 5.91 Å². The van der Waals surface area contributed by atoms with Gasteiger partial charge >= 0.3 is 0 Å². The van der Waals surface area contributed by atoms with E-state index in [1.165, 1.54) is 19.3 Å². The molecule has 0 radical (unpaired) electrons. The molecule has 2 nitrogen and oxygen atoms in total. The molecule has 1 atom stereocenters. The lowest BCUT2D eigenvalue weighted by Gasteiger charge is -2.33. The lowest BCUT2D eigenvalue weighted by molar-refractivity contribution is -0.127. The molecule has 0 aromatic rings. The number of carbonyl (C=O) groups is 1. The van der Waals surface area contributed by atoms with Crippen LogP contribution >= 0.6 is 11.6 Å². The second-order valence-electron chi connectivity index (χ2n) is 6.24. The summed E-state index contributed by atoms with van der Waals surface area (Å²) in [7, 11) is 0. The highest BCUT2D eigenvalue weighted by Gasteiger charge is 2.29. The molecular formula is C14H26ClNO. The summed E-state index contributed by atoms with van der Waals surface area (Å²) in [5.41, 5.74) is 0.0826. The van der Waals surface area contributed by atoms with Gasteiger partial charge in [-0.1, -0.05) is 40.0 Å². The van der Waals surface area contributed by atoms with Crippen LogP contribution in [0.2, 0.25) is 0 Å². The number of alkyl halides is 1. The van der Waals surface area contributed by atoms with Crippen LogP contribution in [0, 0.1) is 11.3 Å². The minimum atomic E-state index is 0.0826. The van der Waals surface area contributed by atoms with E-state index in [1.54, 1.807) is 0 Å². The zero-order chi connectivity index (χ0) is 12.9. The first-order valence-electron chi connectivity index (χ1n) is 6.81. The third kappa shape index (κ3) is 4.87. The Morgan fingerprint density at radius 1 is 1.29 bits per heavy atom. The molecule has 1 saturated carbocycles. The Labute approximate surface area is 110 Å². The van der Waals surface area contributed by atoms with Crippen LogP contribution in [0.5, 0.6) is 0 Å². The van der Waals surface area contributed by atoms with Crippen LogP contribution in [-0.2, 0) is 4.79 Å². The van der Waals surface area contributed by atoms with Crippen LogP contribution in [0.15, 0.2) is 0 Å². The third-order valence-electron chi connectivity index (χ3n) is 3.74. The summed E-state index contributed by atoms with van der Waals surface area (Å²) in [6, 6.07) is 0.189. The maximum atomic E-state index is 12.2. The van der Waals surface area contributed by atoms with Crippen molar-refractivity contribution in [1.82, 2.24) is 5.32 Å². The average Bonchev–Trinajstić information content (AvgIpc) is 2.28. The predicted octanol–water partition coefficient (Wildman–Crippen LogP) is 3.73. The van der Waals surface area contributed by atoms with Crippen molar-refractivity contribution in [2.75, 3.05) is 5.88 Å². The molecule has 1 fully saturated rings. The highest BCUT2D eigenvalue weighted by molar-refractivity contribution is 6.17. The van der Waals surface area contributed by atoms with Gasteiger partial charge in [0, 0.05) is 17.8 Å². The Kier molecular flexibility index (Phi) is 5.78. The number of amides is 1. The fraction of sp³-hybridized carbons (Fsp3) is 0.929.